The van der Waals surface area contributed by atoms with Gasteiger partial charge >= 0.3 is 5.97 Å². The number of aliphatic imine (C=N–C) groups is 1. The summed E-state index contributed by atoms with van der Waals surface area (Å²) < 4.78 is 7.48. The molecule has 1 aromatic heterocycles. The number of ether oxygens (including phenoxy) is 1. The number of hydrogen-bond acceptors (Lipinski definition) is 4. The zero-order chi connectivity index (χ0) is 26.9. The lowest BCUT2D eigenvalue weighted by molar-refractivity contribution is 0.0696. The summed E-state index contributed by atoms with van der Waals surface area (Å²) in [7, 11) is -0.695. The van der Waals surface area contributed by atoms with Crippen LogP contribution in [-0.2, 0) is 11.3 Å². The fourth-order valence-electron chi connectivity index (χ4n) is 5.87. The van der Waals surface area contributed by atoms with E-state index in [1.165, 1.54) is 15.2 Å². The number of aromatic carboxylic acids is 1. The number of carboxylic acid groups (broad SMARTS) is 1. The van der Waals surface area contributed by atoms with Crippen molar-refractivity contribution in [2.75, 3.05) is 12.9 Å². The van der Waals surface area contributed by atoms with Crippen molar-refractivity contribution in [1.29, 1.82) is 0 Å². The number of carboxylic acids is 1. The maximum absolute atomic E-state index is 13.3. The van der Waals surface area contributed by atoms with Crippen LogP contribution in [0.15, 0.2) is 93.7 Å². The molecular formula is C32H32N2O4S. The van der Waals surface area contributed by atoms with E-state index >= 15 is 0 Å². The van der Waals surface area contributed by atoms with E-state index in [1.807, 2.05) is 48.5 Å². The van der Waals surface area contributed by atoms with Gasteiger partial charge in [-0.2, -0.15) is 10.9 Å². The molecule has 0 spiro atoms. The molecule has 6 nitrogen and oxygen atoms in total. The fourth-order valence-corrected chi connectivity index (χ4v) is 7.95. The Morgan fingerprint density at radius 3 is 2.54 bits per heavy atom. The minimum atomic E-state index is -1.06. The van der Waals surface area contributed by atoms with Crippen LogP contribution in [0.25, 0.3) is 16.5 Å². The highest BCUT2D eigenvalue weighted by Gasteiger charge is 2.32. The first-order valence-corrected chi connectivity index (χ1v) is 15.2. The molecule has 2 aliphatic rings. The molecule has 4 aromatic rings. The molecule has 3 aromatic carbocycles. The number of fused-ring (bicyclic) bond motifs is 2. The van der Waals surface area contributed by atoms with Crippen LogP contribution in [0.4, 0.5) is 5.69 Å². The van der Waals surface area contributed by atoms with Gasteiger partial charge in [-0.25, -0.2) is 9.79 Å². The molecule has 0 bridgehead atoms. The normalized spacial score (nSPS) is 21.5. The Balaban J connectivity index is 1.19. The molecule has 0 radical (unpaired) electrons. The van der Waals surface area contributed by atoms with Crippen molar-refractivity contribution in [2.24, 2.45) is 16.8 Å². The molecule has 39 heavy (non-hydrogen) atoms. The molecule has 1 atom stereocenters. The first-order chi connectivity index (χ1) is 19.0. The predicted octanol–water partition coefficient (Wildman–Crippen LogP) is 6.75. The number of benzene rings is 3. The van der Waals surface area contributed by atoms with Gasteiger partial charge in [0.1, 0.15) is 0 Å². The van der Waals surface area contributed by atoms with E-state index in [2.05, 4.69) is 18.4 Å². The van der Waals surface area contributed by atoms with Gasteiger partial charge in [-0.15, -0.1) is 0 Å². The van der Waals surface area contributed by atoms with Crippen LogP contribution in [0.1, 0.15) is 41.6 Å². The van der Waals surface area contributed by atoms with Gasteiger partial charge in [0.25, 0.3) is 5.56 Å². The molecular weight excluding hydrogens is 508 g/mol. The summed E-state index contributed by atoms with van der Waals surface area (Å²) in [5.41, 5.74) is 2.22. The quantitative estimate of drug-likeness (QED) is 0.254. The summed E-state index contributed by atoms with van der Waals surface area (Å²) >= 11 is 0. The van der Waals surface area contributed by atoms with Crippen molar-refractivity contribution in [3.8, 4) is 5.69 Å². The molecule has 6 rings (SSSR count). The Morgan fingerprint density at radius 2 is 1.77 bits per heavy atom. The first kappa shape index (κ1) is 25.6. The monoisotopic (exact) mass is 540 g/mol. The van der Waals surface area contributed by atoms with E-state index in [-0.39, 0.29) is 11.1 Å². The summed E-state index contributed by atoms with van der Waals surface area (Å²) in [5.74, 6) is -0.102. The second kappa shape index (κ2) is 10.8. The number of aromatic nitrogens is 1. The van der Waals surface area contributed by atoms with E-state index in [9.17, 15) is 14.7 Å². The first-order valence-electron chi connectivity index (χ1n) is 13.5. The topological polar surface area (TPSA) is 80.9 Å². The number of carbonyl (C=O) groups is 1. The van der Waals surface area contributed by atoms with E-state index in [4.69, 9.17) is 9.73 Å². The molecule has 1 fully saturated rings. The van der Waals surface area contributed by atoms with Crippen LogP contribution in [0.5, 0.6) is 0 Å². The number of hydrogen-bond donors (Lipinski definition) is 2. The molecule has 7 heteroatoms. The molecule has 1 aliphatic heterocycles. The third kappa shape index (κ3) is 5.04. The largest absolute Gasteiger partial charge is 0.478 e. The fraction of sp³-hybridized carbons (Fsp3) is 0.281. The minimum absolute atomic E-state index is 0.0961. The molecule has 0 amide bonds. The van der Waals surface area contributed by atoms with Crippen LogP contribution in [0.2, 0.25) is 0 Å². The Bertz CT molecular complexity index is 1620. The van der Waals surface area contributed by atoms with Crippen molar-refractivity contribution < 1.29 is 14.6 Å². The Labute approximate surface area is 230 Å². The summed E-state index contributed by atoms with van der Waals surface area (Å²) in [6.07, 6.45) is 8.24. The lowest BCUT2D eigenvalue weighted by atomic mass is 9.83. The minimum Gasteiger partial charge on any atom is -0.478 e. The van der Waals surface area contributed by atoms with Crippen molar-refractivity contribution in [3.63, 3.8) is 0 Å². The third-order valence-corrected chi connectivity index (χ3v) is 10.2. The van der Waals surface area contributed by atoms with Crippen LogP contribution < -0.4 is 5.56 Å². The van der Waals surface area contributed by atoms with Crippen molar-refractivity contribution >= 4 is 38.4 Å². The summed E-state index contributed by atoms with van der Waals surface area (Å²) in [5, 5.41) is 12.6. The summed E-state index contributed by atoms with van der Waals surface area (Å²) in [6, 6.07) is 23.1. The van der Waals surface area contributed by atoms with Crippen molar-refractivity contribution in [3.05, 3.63) is 100 Å². The van der Waals surface area contributed by atoms with Crippen LogP contribution >= 0.6 is 10.9 Å². The van der Waals surface area contributed by atoms with E-state index in [1.54, 1.807) is 18.3 Å². The molecule has 0 saturated heterocycles. The van der Waals surface area contributed by atoms with Crippen molar-refractivity contribution in [1.82, 2.24) is 4.57 Å². The summed E-state index contributed by atoms with van der Waals surface area (Å²) in [6.45, 7) is 1.43. The molecule has 2 heterocycles. The zero-order valence-electron chi connectivity index (χ0n) is 21.9. The number of rotatable bonds is 7. The molecule has 200 valence electrons. The maximum Gasteiger partial charge on any atom is 0.337 e. The van der Waals surface area contributed by atoms with Gasteiger partial charge in [-0.3, -0.25) is 9.36 Å². The average molecular weight is 541 g/mol. The molecule has 1 unspecified atom stereocenters. The zero-order valence-corrected chi connectivity index (χ0v) is 22.8. The molecule has 1 saturated carbocycles. The van der Waals surface area contributed by atoms with Gasteiger partial charge in [-0.05, 0) is 73.1 Å². The molecule has 1 aliphatic carbocycles. The average Bonchev–Trinajstić information content (AvgIpc) is 3.29. The number of thiol groups is 1. The summed E-state index contributed by atoms with van der Waals surface area (Å²) in [4.78, 5) is 31.6. The Morgan fingerprint density at radius 1 is 1.03 bits per heavy atom. The van der Waals surface area contributed by atoms with Gasteiger partial charge in [0, 0.05) is 29.0 Å². The number of pyridine rings is 1. The van der Waals surface area contributed by atoms with Crippen LogP contribution in [0, 0.1) is 11.8 Å². The van der Waals surface area contributed by atoms with Gasteiger partial charge in [0.05, 0.1) is 28.6 Å². The standard InChI is InChI=1S/C32H32N2O4S/c1-39-29-18-28(34-16-15-23-9-5-6-10-25(23)31(34)35)26(32(36)37)17-27(29)33-30(39)24-13-11-22(12-14-24)20-38-19-21-7-3-2-4-8-21/h2-10,15-18,22,24,39H,11-14,19-20H2,1H3,(H,36,37). The number of nitrogens with zero attached hydrogens (tertiary/aromatic N) is 2. The van der Waals surface area contributed by atoms with E-state index in [0.29, 0.717) is 29.5 Å². The lowest BCUT2D eigenvalue weighted by Crippen LogP contribution is -2.23. The van der Waals surface area contributed by atoms with E-state index in [0.717, 1.165) is 48.3 Å². The van der Waals surface area contributed by atoms with Gasteiger partial charge in [0.15, 0.2) is 0 Å². The van der Waals surface area contributed by atoms with Gasteiger partial charge < -0.3 is 9.84 Å². The Kier molecular flexibility index (Phi) is 7.11. The Hall–Kier alpha value is -3.68. The van der Waals surface area contributed by atoms with Gasteiger partial charge in [0.2, 0.25) is 0 Å². The maximum atomic E-state index is 13.3. The highest BCUT2D eigenvalue weighted by molar-refractivity contribution is 8.30. The van der Waals surface area contributed by atoms with E-state index < -0.39 is 16.9 Å². The highest BCUT2D eigenvalue weighted by Crippen LogP contribution is 2.52. The van der Waals surface area contributed by atoms with Crippen LogP contribution in [0.3, 0.4) is 0 Å². The highest BCUT2D eigenvalue weighted by atomic mass is 32.2. The second-order valence-electron chi connectivity index (χ2n) is 10.5. The molecule has 1 N–H and O–H groups in total. The second-order valence-corrected chi connectivity index (χ2v) is 12.5. The van der Waals surface area contributed by atoms with Crippen molar-refractivity contribution in [2.45, 2.75) is 37.2 Å². The predicted molar refractivity (Wildman–Crippen MR) is 158 cm³/mol. The van der Waals surface area contributed by atoms with Crippen LogP contribution in [-0.4, -0.2) is 33.5 Å². The SMILES string of the molecule is C[SH]1C(C2CCC(COCc3ccccc3)CC2)=Nc2cc(C(=O)O)c(-n3ccc4ccccc4c3=O)cc21. The van der Waals surface area contributed by atoms with Gasteiger partial charge in [-0.1, -0.05) is 48.5 Å². The third-order valence-electron chi connectivity index (χ3n) is 8.01. The lowest BCUT2D eigenvalue weighted by Gasteiger charge is -2.30. The smallest absolute Gasteiger partial charge is 0.337 e.